The third kappa shape index (κ3) is 7.64. The minimum absolute atomic E-state index is 0.00742. The maximum atomic E-state index is 7.15. The van der Waals surface area contributed by atoms with Crippen LogP contribution in [0, 0.1) is 53.3 Å². The minimum atomic E-state index is -0.503. The van der Waals surface area contributed by atoms with E-state index in [0.717, 1.165) is 19.3 Å². The van der Waals surface area contributed by atoms with Gasteiger partial charge in [-0.2, -0.15) is 0 Å². The molecular formula is C37H68O8. The van der Waals surface area contributed by atoms with Crippen molar-refractivity contribution in [2.24, 2.45) is 53.3 Å². The zero-order valence-corrected chi connectivity index (χ0v) is 30.9. The topological polar surface area (TPSA) is 73.8 Å². The van der Waals surface area contributed by atoms with Gasteiger partial charge in [-0.3, -0.25) is 0 Å². The summed E-state index contributed by atoms with van der Waals surface area (Å²) in [6.07, 6.45) is 1.10. The van der Waals surface area contributed by atoms with Crippen molar-refractivity contribution < 1.29 is 37.9 Å². The Hall–Kier alpha value is -0.320. The molecule has 0 saturated carbocycles. The summed E-state index contributed by atoms with van der Waals surface area (Å²) in [5, 5.41) is 0. The van der Waals surface area contributed by atoms with Gasteiger partial charge in [0, 0.05) is 36.7 Å². The van der Waals surface area contributed by atoms with Crippen LogP contribution in [0.4, 0.5) is 0 Å². The second kappa shape index (κ2) is 15.9. The molecule has 4 saturated heterocycles. The van der Waals surface area contributed by atoms with Crippen LogP contribution in [0.25, 0.3) is 0 Å². The van der Waals surface area contributed by atoms with Gasteiger partial charge >= 0.3 is 0 Å². The molecule has 4 aliphatic heterocycles. The van der Waals surface area contributed by atoms with Crippen LogP contribution in [-0.4, -0.2) is 75.0 Å². The molecule has 0 N–H and O–H groups in total. The zero-order valence-electron chi connectivity index (χ0n) is 30.9. The van der Waals surface area contributed by atoms with Crippen LogP contribution in [0.1, 0.15) is 109 Å². The minimum Gasteiger partial charge on any atom is -0.355 e. The summed E-state index contributed by atoms with van der Waals surface area (Å²) in [6.45, 7) is 29.0. The van der Waals surface area contributed by atoms with Crippen molar-refractivity contribution in [1.82, 2.24) is 0 Å². The number of rotatable bonds is 10. The molecule has 0 aromatic rings. The maximum absolute atomic E-state index is 7.15. The molecule has 4 fully saturated rings. The third-order valence-electron chi connectivity index (χ3n) is 12.7. The molecule has 4 heterocycles. The van der Waals surface area contributed by atoms with E-state index in [1.54, 1.807) is 7.11 Å². The van der Waals surface area contributed by atoms with E-state index in [1.165, 1.54) is 0 Å². The van der Waals surface area contributed by atoms with E-state index in [-0.39, 0.29) is 90.8 Å². The molecule has 9 unspecified atom stereocenters. The van der Waals surface area contributed by atoms with Crippen molar-refractivity contribution in [3.05, 3.63) is 0 Å². The lowest BCUT2D eigenvalue weighted by Gasteiger charge is -2.52. The predicted octanol–water partition coefficient (Wildman–Crippen LogP) is 7.66. The first-order valence-electron chi connectivity index (χ1n) is 18.4. The first kappa shape index (κ1) is 37.5. The summed E-state index contributed by atoms with van der Waals surface area (Å²) in [6, 6.07) is 0. The Kier molecular flexibility index (Phi) is 13.3. The second-order valence-corrected chi connectivity index (χ2v) is 15.3. The number of methoxy groups -OCH3 is 1. The Balaban J connectivity index is 1.58. The van der Waals surface area contributed by atoms with Crippen molar-refractivity contribution in [2.75, 3.05) is 7.11 Å². The number of hydrogen-bond donors (Lipinski definition) is 0. The Morgan fingerprint density at radius 2 is 0.800 bits per heavy atom. The van der Waals surface area contributed by atoms with Crippen LogP contribution in [0.15, 0.2) is 0 Å². The third-order valence-corrected chi connectivity index (χ3v) is 12.7. The SMILES string of the molecule is CCC1O[C@@H](O[C@@H]2C(C)[C@H](O[C@@H]3C(C)[C@@H](OC)OC(CC)[C@@H]3C)OC(CC)[C@@H]2C)C(OC2OC(C)C(C)[C@H](C)[C@H]2C)[C@@H](C)[C@H]1C. The highest BCUT2D eigenvalue weighted by Crippen LogP contribution is 2.44. The van der Waals surface area contributed by atoms with Gasteiger partial charge < -0.3 is 37.9 Å². The zero-order chi connectivity index (χ0) is 33.3. The predicted molar refractivity (Wildman–Crippen MR) is 175 cm³/mol. The standard InChI is InChI=1S/C37H68O8/c1-15-28-20(6)21(7)33(45-35-22(8)18(4)19(5)27(13)39-35)37(42-28)44-32-24(10)30(17-3)41-36(26(32)12)43-31-23(9)29(16-2)40-34(38-14)25(31)11/h18-37H,15-17H2,1-14H3/t18-,19?,20+,21-,22+,23-,24-,25?,26?,27?,28?,29?,30?,31-,32-,33?,34-,35?,36-,37-/m0/s1. The van der Waals surface area contributed by atoms with Crippen LogP contribution in [0.3, 0.4) is 0 Å². The lowest BCUT2D eigenvalue weighted by molar-refractivity contribution is -0.368. The molecule has 0 aliphatic carbocycles. The maximum Gasteiger partial charge on any atom is 0.184 e. The first-order valence-corrected chi connectivity index (χ1v) is 18.4. The van der Waals surface area contributed by atoms with Crippen LogP contribution < -0.4 is 0 Å². The Morgan fingerprint density at radius 3 is 1.33 bits per heavy atom. The quantitative estimate of drug-likeness (QED) is 0.241. The molecule has 4 rings (SSSR count). The number of ether oxygens (including phenoxy) is 8. The monoisotopic (exact) mass is 640 g/mol. The van der Waals surface area contributed by atoms with Crippen molar-refractivity contribution in [3.63, 3.8) is 0 Å². The average Bonchev–Trinajstić information content (AvgIpc) is 3.03. The molecular weight excluding hydrogens is 572 g/mol. The molecule has 8 nitrogen and oxygen atoms in total. The second-order valence-electron chi connectivity index (χ2n) is 15.3. The molecule has 0 amide bonds. The summed E-state index contributed by atoms with van der Waals surface area (Å²) in [7, 11) is 1.72. The van der Waals surface area contributed by atoms with Gasteiger partial charge in [-0.25, -0.2) is 0 Å². The highest BCUT2D eigenvalue weighted by molar-refractivity contribution is 4.93. The molecule has 4 aliphatic rings. The highest BCUT2D eigenvalue weighted by atomic mass is 16.7. The lowest BCUT2D eigenvalue weighted by atomic mass is 9.79. The van der Waals surface area contributed by atoms with Gasteiger partial charge in [0.2, 0.25) is 0 Å². The van der Waals surface area contributed by atoms with Gasteiger partial charge in [-0.05, 0) is 49.9 Å². The molecule has 20 atom stereocenters. The van der Waals surface area contributed by atoms with E-state index in [0.29, 0.717) is 17.8 Å². The average molecular weight is 641 g/mol. The van der Waals surface area contributed by atoms with Crippen LogP contribution in [0.2, 0.25) is 0 Å². The number of hydrogen-bond acceptors (Lipinski definition) is 8. The summed E-state index contributed by atoms with van der Waals surface area (Å²) >= 11 is 0. The van der Waals surface area contributed by atoms with E-state index >= 15 is 0 Å². The first-order chi connectivity index (χ1) is 21.3. The van der Waals surface area contributed by atoms with E-state index in [2.05, 4.69) is 90.0 Å². The smallest absolute Gasteiger partial charge is 0.184 e. The molecule has 0 spiro atoms. The molecule has 0 aromatic heterocycles. The Morgan fingerprint density at radius 1 is 0.378 bits per heavy atom. The van der Waals surface area contributed by atoms with Gasteiger partial charge in [-0.15, -0.1) is 0 Å². The molecule has 0 radical (unpaired) electrons. The van der Waals surface area contributed by atoms with Crippen molar-refractivity contribution in [2.45, 2.75) is 177 Å². The van der Waals surface area contributed by atoms with E-state index < -0.39 is 12.6 Å². The van der Waals surface area contributed by atoms with Crippen molar-refractivity contribution >= 4 is 0 Å². The van der Waals surface area contributed by atoms with E-state index in [9.17, 15) is 0 Å². The van der Waals surface area contributed by atoms with Gasteiger partial charge in [0.25, 0.3) is 0 Å². The fraction of sp³-hybridized carbons (Fsp3) is 1.00. The van der Waals surface area contributed by atoms with Gasteiger partial charge in [-0.1, -0.05) is 83.1 Å². The highest BCUT2D eigenvalue weighted by Gasteiger charge is 2.51. The van der Waals surface area contributed by atoms with Gasteiger partial charge in [0.1, 0.15) is 6.10 Å². The largest absolute Gasteiger partial charge is 0.355 e. The molecule has 8 heteroatoms. The summed E-state index contributed by atoms with van der Waals surface area (Å²) < 4.78 is 53.1. The summed E-state index contributed by atoms with van der Waals surface area (Å²) in [5.74, 6) is 2.26. The van der Waals surface area contributed by atoms with Gasteiger partial charge in [0.15, 0.2) is 25.2 Å². The summed E-state index contributed by atoms with van der Waals surface area (Å²) in [5.41, 5.74) is 0. The Labute approximate surface area is 275 Å². The van der Waals surface area contributed by atoms with Crippen molar-refractivity contribution in [3.8, 4) is 0 Å². The summed E-state index contributed by atoms with van der Waals surface area (Å²) in [4.78, 5) is 0. The lowest BCUT2D eigenvalue weighted by Crippen LogP contribution is -2.59. The van der Waals surface area contributed by atoms with Crippen molar-refractivity contribution in [1.29, 1.82) is 0 Å². The normalized spacial score (nSPS) is 52.9. The molecule has 264 valence electrons. The fourth-order valence-corrected chi connectivity index (χ4v) is 8.65. The molecule has 45 heavy (non-hydrogen) atoms. The molecule has 0 aromatic carbocycles. The van der Waals surface area contributed by atoms with Crippen LogP contribution in [-0.2, 0) is 37.9 Å². The van der Waals surface area contributed by atoms with Crippen LogP contribution >= 0.6 is 0 Å². The van der Waals surface area contributed by atoms with Crippen LogP contribution in [0.5, 0.6) is 0 Å². The van der Waals surface area contributed by atoms with E-state index in [4.69, 9.17) is 37.9 Å². The molecule has 0 bridgehead atoms. The van der Waals surface area contributed by atoms with Gasteiger partial charge in [0.05, 0.1) is 36.6 Å². The van der Waals surface area contributed by atoms with E-state index in [1.807, 2.05) is 0 Å². The fourth-order valence-electron chi connectivity index (χ4n) is 8.65. The Bertz CT molecular complexity index is 888.